The molecule has 0 unspecified atom stereocenters. The first-order valence-electron chi connectivity index (χ1n) is 9.60. The lowest BCUT2D eigenvalue weighted by Gasteiger charge is -2.35. The largest absolute Gasteiger partial charge is 0.353 e. The number of anilines is 2. The zero-order valence-corrected chi connectivity index (χ0v) is 16.7. The number of amides is 1. The van der Waals surface area contributed by atoms with Crippen molar-refractivity contribution in [3.63, 3.8) is 0 Å². The van der Waals surface area contributed by atoms with Gasteiger partial charge in [-0.2, -0.15) is 4.98 Å². The van der Waals surface area contributed by atoms with Crippen molar-refractivity contribution in [3.8, 4) is 0 Å². The lowest BCUT2D eigenvalue weighted by atomic mass is 10.2. The van der Waals surface area contributed by atoms with Gasteiger partial charge in [0.2, 0.25) is 11.9 Å². The number of aryl methyl sites for hydroxylation is 1. The molecule has 0 atom stereocenters. The number of carbonyl (C=O) groups is 1. The quantitative estimate of drug-likeness (QED) is 0.813. The van der Waals surface area contributed by atoms with Crippen molar-refractivity contribution in [1.82, 2.24) is 14.9 Å². The minimum absolute atomic E-state index is 0.142. The van der Waals surface area contributed by atoms with Gasteiger partial charge in [-0.1, -0.05) is 30.3 Å². The van der Waals surface area contributed by atoms with E-state index in [-0.39, 0.29) is 11.9 Å². The van der Waals surface area contributed by atoms with Gasteiger partial charge in [-0.25, -0.2) is 4.98 Å². The summed E-state index contributed by atoms with van der Waals surface area (Å²) in [7, 11) is 0. The molecule has 0 saturated carbocycles. The lowest BCUT2D eigenvalue weighted by molar-refractivity contribution is -0.129. The second-order valence-corrected chi connectivity index (χ2v) is 7.37. The molecular weight excluding hydrogens is 338 g/mol. The van der Waals surface area contributed by atoms with E-state index in [1.807, 2.05) is 24.0 Å². The first-order chi connectivity index (χ1) is 12.9. The zero-order valence-electron chi connectivity index (χ0n) is 16.7. The SMILES string of the molecule is CC(=O)N1CCN(c2cc(C)nc(N(Cc3ccccc3)C(C)C)n2)CC1. The predicted octanol–water partition coefficient (Wildman–Crippen LogP) is 2.87. The van der Waals surface area contributed by atoms with Crippen molar-refractivity contribution in [3.05, 3.63) is 47.7 Å². The molecule has 1 aromatic carbocycles. The maximum atomic E-state index is 11.6. The molecule has 144 valence electrons. The number of piperazine rings is 1. The first kappa shape index (κ1) is 19.1. The Hall–Kier alpha value is -2.63. The van der Waals surface area contributed by atoms with Crippen LogP contribution in [0.1, 0.15) is 32.0 Å². The molecule has 0 bridgehead atoms. The molecule has 6 heteroatoms. The summed E-state index contributed by atoms with van der Waals surface area (Å²) in [5.74, 6) is 1.85. The van der Waals surface area contributed by atoms with Gasteiger partial charge >= 0.3 is 0 Å². The van der Waals surface area contributed by atoms with E-state index in [0.717, 1.165) is 50.2 Å². The maximum Gasteiger partial charge on any atom is 0.228 e. The molecule has 1 aliphatic rings. The fourth-order valence-electron chi connectivity index (χ4n) is 3.34. The summed E-state index contributed by atoms with van der Waals surface area (Å²) in [4.78, 5) is 27.5. The fourth-order valence-corrected chi connectivity index (χ4v) is 3.34. The molecule has 1 aromatic heterocycles. The van der Waals surface area contributed by atoms with Crippen molar-refractivity contribution in [2.75, 3.05) is 36.0 Å². The Labute approximate surface area is 161 Å². The van der Waals surface area contributed by atoms with E-state index in [2.05, 4.69) is 47.9 Å². The summed E-state index contributed by atoms with van der Waals surface area (Å²) in [6.07, 6.45) is 0. The Balaban J connectivity index is 1.82. The lowest BCUT2D eigenvalue weighted by Crippen LogP contribution is -2.48. The molecule has 1 fully saturated rings. The Bertz CT molecular complexity index is 769. The zero-order chi connectivity index (χ0) is 19.4. The molecule has 1 aliphatic heterocycles. The summed E-state index contributed by atoms with van der Waals surface area (Å²) >= 11 is 0. The van der Waals surface area contributed by atoms with Gasteiger partial charge in [-0.3, -0.25) is 4.79 Å². The standard InChI is InChI=1S/C21H29N5O/c1-16(2)26(15-19-8-6-5-7-9-19)21-22-17(3)14-20(23-21)25-12-10-24(11-13-25)18(4)27/h5-9,14,16H,10-13,15H2,1-4H3. The van der Waals surface area contributed by atoms with Gasteiger partial charge < -0.3 is 14.7 Å². The third-order valence-electron chi connectivity index (χ3n) is 4.95. The van der Waals surface area contributed by atoms with E-state index in [1.54, 1.807) is 6.92 Å². The van der Waals surface area contributed by atoms with E-state index >= 15 is 0 Å². The average Bonchev–Trinajstić information content (AvgIpc) is 2.66. The molecule has 0 spiro atoms. The van der Waals surface area contributed by atoms with E-state index in [1.165, 1.54) is 5.56 Å². The van der Waals surface area contributed by atoms with Crippen LogP contribution in [-0.2, 0) is 11.3 Å². The minimum atomic E-state index is 0.142. The van der Waals surface area contributed by atoms with Crippen molar-refractivity contribution < 1.29 is 4.79 Å². The van der Waals surface area contributed by atoms with Crippen LogP contribution in [0.3, 0.4) is 0 Å². The smallest absolute Gasteiger partial charge is 0.228 e. The van der Waals surface area contributed by atoms with E-state index < -0.39 is 0 Å². The molecule has 0 N–H and O–H groups in total. The van der Waals surface area contributed by atoms with Crippen molar-refractivity contribution >= 4 is 17.7 Å². The number of aromatic nitrogens is 2. The van der Waals surface area contributed by atoms with Crippen molar-refractivity contribution in [1.29, 1.82) is 0 Å². The minimum Gasteiger partial charge on any atom is -0.353 e. The van der Waals surface area contributed by atoms with Gasteiger partial charge in [-0.05, 0) is 26.3 Å². The number of carbonyl (C=O) groups excluding carboxylic acids is 1. The van der Waals surface area contributed by atoms with Crippen molar-refractivity contribution in [2.24, 2.45) is 0 Å². The van der Waals surface area contributed by atoms with Crippen LogP contribution in [0.5, 0.6) is 0 Å². The summed E-state index contributed by atoms with van der Waals surface area (Å²) < 4.78 is 0. The number of hydrogen-bond donors (Lipinski definition) is 0. The molecular formula is C21H29N5O. The molecule has 27 heavy (non-hydrogen) atoms. The van der Waals surface area contributed by atoms with E-state index in [0.29, 0.717) is 0 Å². The first-order valence-corrected chi connectivity index (χ1v) is 9.60. The fraction of sp³-hybridized carbons (Fsp3) is 0.476. The molecule has 0 radical (unpaired) electrons. The molecule has 2 heterocycles. The van der Waals surface area contributed by atoms with Crippen LogP contribution < -0.4 is 9.80 Å². The number of hydrogen-bond acceptors (Lipinski definition) is 5. The van der Waals surface area contributed by atoms with Crippen LogP contribution in [0.4, 0.5) is 11.8 Å². The topological polar surface area (TPSA) is 52.6 Å². The highest BCUT2D eigenvalue weighted by Crippen LogP contribution is 2.22. The van der Waals surface area contributed by atoms with Crippen LogP contribution in [-0.4, -0.2) is 53.0 Å². The van der Waals surface area contributed by atoms with Gasteiger partial charge in [0.05, 0.1) is 0 Å². The Kier molecular flexibility index (Phi) is 5.94. The maximum absolute atomic E-state index is 11.6. The number of benzene rings is 1. The Morgan fingerprint density at radius 1 is 1.11 bits per heavy atom. The molecule has 1 saturated heterocycles. The highest BCUT2D eigenvalue weighted by Gasteiger charge is 2.22. The number of nitrogens with zero attached hydrogens (tertiary/aromatic N) is 5. The van der Waals surface area contributed by atoms with Crippen LogP contribution in [0, 0.1) is 6.92 Å². The van der Waals surface area contributed by atoms with Crippen molar-refractivity contribution in [2.45, 2.75) is 40.3 Å². The second kappa shape index (κ2) is 8.37. The predicted molar refractivity (Wildman–Crippen MR) is 109 cm³/mol. The van der Waals surface area contributed by atoms with Crippen LogP contribution in [0.25, 0.3) is 0 Å². The summed E-state index contributed by atoms with van der Waals surface area (Å²) in [6.45, 7) is 11.8. The Morgan fingerprint density at radius 3 is 2.37 bits per heavy atom. The molecule has 1 amide bonds. The van der Waals surface area contributed by atoms with E-state index in [4.69, 9.17) is 9.97 Å². The molecule has 0 aliphatic carbocycles. The van der Waals surface area contributed by atoms with Crippen LogP contribution in [0.2, 0.25) is 0 Å². The second-order valence-electron chi connectivity index (χ2n) is 7.37. The van der Waals surface area contributed by atoms with Gasteiger partial charge in [0.25, 0.3) is 0 Å². The summed E-state index contributed by atoms with van der Waals surface area (Å²) in [5.41, 5.74) is 2.20. The Morgan fingerprint density at radius 2 is 1.78 bits per heavy atom. The monoisotopic (exact) mass is 367 g/mol. The summed E-state index contributed by atoms with van der Waals surface area (Å²) in [6, 6.07) is 12.7. The third-order valence-corrected chi connectivity index (χ3v) is 4.95. The molecule has 2 aromatic rings. The summed E-state index contributed by atoms with van der Waals surface area (Å²) in [5, 5.41) is 0. The normalized spacial score (nSPS) is 14.6. The highest BCUT2D eigenvalue weighted by atomic mass is 16.2. The average molecular weight is 367 g/mol. The van der Waals surface area contributed by atoms with Crippen LogP contribution in [0.15, 0.2) is 36.4 Å². The van der Waals surface area contributed by atoms with Gasteiger partial charge in [0, 0.05) is 57.4 Å². The molecule has 3 rings (SSSR count). The number of rotatable bonds is 5. The van der Waals surface area contributed by atoms with Gasteiger partial charge in [-0.15, -0.1) is 0 Å². The van der Waals surface area contributed by atoms with Gasteiger partial charge in [0.1, 0.15) is 5.82 Å². The molecule has 6 nitrogen and oxygen atoms in total. The van der Waals surface area contributed by atoms with E-state index in [9.17, 15) is 4.79 Å². The van der Waals surface area contributed by atoms with Crippen LogP contribution >= 0.6 is 0 Å². The highest BCUT2D eigenvalue weighted by molar-refractivity contribution is 5.73. The third kappa shape index (κ3) is 4.76. The van der Waals surface area contributed by atoms with Gasteiger partial charge in [0.15, 0.2) is 0 Å².